The Labute approximate surface area is 680 Å². The Kier molecular flexibility index (Phi) is 37.2. The summed E-state index contributed by atoms with van der Waals surface area (Å²) in [6.45, 7) is 33.3. The number of cyclic esters (lactones) is 1. The maximum Gasteiger partial charge on any atom is 0.329 e. The van der Waals surface area contributed by atoms with Crippen molar-refractivity contribution in [2.24, 2.45) is 53.3 Å². The molecular weight excluding hydrogens is 1480 g/mol. The second-order valence-electron chi connectivity index (χ2n) is 33.9. The molecule has 0 spiro atoms. The van der Waals surface area contributed by atoms with Gasteiger partial charge in [0.2, 0.25) is 70.9 Å². The Bertz CT molecular complexity index is 3820. The number of ether oxygens (including phenoxy) is 2. The minimum atomic E-state index is -2.02. The Hall–Kier alpha value is -9.23. The summed E-state index contributed by atoms with van der Waals surface area (Å²) in [5.74, 6) is -16.4. The Morgan fingerprint density at radius 1 is 0.548 bits per heavy atom. The maximum atomic E-state index is 15.8. The van der Waals surface area contributed by atoms with Gasteiger partial charge in [-0.2, -0.15) is 0 Å². The van der Waals surface area contributed by atoms with Crippen LogP contribution >= 0.6 is 0 Å². The van der Waals surface area contributed by atoms with Gasteiger partial charge in [0.1, 0.15) is 90.5 Å². The van der Waals surface area contributed by atoms with Gasteiger partial charge in [-0.05, 0) is 111 Å². The average Bonchev–Trinajstić information content (AvgIpc) is 1.63. The molecule has 0 aliphatic carbocycles. The van der Waals surface area contributed by atoms with Crippen molar-refractivity contribution in [3.8, 4) is 5.75 Å². The molecule has 3 aromatic rings. The van der Waals surface area contributed by atoms with Gasteiger partial charge in [0.25, 0.3) is 0 Å². The first-order valence-electron chi connectivity index (χ1n) is 40.4. The van der Waals surface area contributed by atoms with E-state index in [1.807, 2.05) is 27.7 Å². The van der Waals surface area contributed by atoms with Crippen molar-refractivity contribution < 1.29 is 82.0 Å². The van der Waals surface area contributed by atoms with Crippen LogP contribution in [0.3, 0.4) is 0 Å². The number of nitrogens with zero attached hydrogens (tertiary/aromatic N) is 6. The number of carbonyl (C=O) groups is 13. The first-order valence-corrected chi connectivity index (χ1v) is 40.4. The van der Waals surface area contributed by atoms with E-state index in [0.29, 0.717) is 22.2 Å². The number of likely N-dealkylation sites (N-methyl/N-ethyl adjacent to an activating group) is 6. The summed E-state index contributed by atoms with van der Waals surface area (Å²) in [6.07, 6.45) is -3.49. The number of benzene rings is 2. The molecule has 10 N–H and O–H groups in total. The fourth-order valence-corrected chi connectivity index (χ4v) is 14.9. The zero-order valence-electron chi connectivity index (χ0n) is 73.2. The van der Waals surface area contributed by atoms with E-state index >= 15 is 52.7 Å². The normalized spacial score (nSPS) is 24.5. The van der Waals surface area contributed by atoms with Gasteiger partial charge in [0.05, 0.1) is 19.3 Å². The molecular formula is C84H136N14O17. The molecule has 31 heteroatoms. The lowest BCUT2D eigenvalue weighted by Crippen LogP contribution is -2.65. The van der Waals surface area contributed by atoms with Crippen molar-refractivity contribution in [2.45, 2.75) is 261 Å². The summed E-state index contributed by atoms with van der Waals surface area (Å²) in [5, 5.41) is 44.2. The third kappa shape index (κ3) is 24.7. The fraction of sp³-hybridized carbons (Fsp3) is 0.679. The molecule has 18 atom stereocenters. The number of rotatable bonds is 25. The molecule has 644 valence electrons. The highest BCUT2D eigenvalue weighted by molar-refractivity contribution is 6.01. The van der Waals surface area contributed by atoms with Gasteiger partial charge >= 0.3 is 5.97 Å². The van der Waals surface area contributed by atoms with Crippen molar-refractivity contribution >= 4 is 87.8 Å². The number of esters is 1. The molecule has 4 rings (SSSR count). The van der Waals surface area contributed by atoms with Gasteiger partial charge in [-0.15, -0.1) is 0 Å². The number of hydrogen-bond acceptors (Lipinski definition) is 18. The summed E-state index contributed by atoms with van der Waals surface area (Å²) in [5.41, 5.74) is 1.28. The first kappa shape index (κ1) is 98.1. The van der Waals surface area contributed by atoms with Gasteiger partial charge in [-0.1, -0.05) is 174 Å². The van der Waals surface area contributed by atoms with Crippen molar-refractivity contribution in [3.05, 3.63) is 65.9 Å². The van der Waals surface area contributed by atoms with E-state index in [1.165, 1.54) is 76.0 Å². The molecule has 1 aliphatic rings. The largest absolute Gasteiger partial charge is 0.496 e. The molecule has 1 aliphatic heterocycles. The number of nitrogens with one attached hydrogen (secondary N) is 8. The minimum absolute atomic E-state index is 0.0287. The Balaban J connectivity index is 2.11. The summed E-state index contributed by atoms with van der Waals surface area (Å²) >= 11 is 0. The van der Waals surface area contributed by atoms with Crippen molar-refractivity contribution in [2.75, 3.05) is 56.4 Å². The number of aromatic nitrogens is 1. The molecule has 0 saturated carbocycles. The molecule has 1 aromatic heterocycles. The van der Waals surface area contributed by atoms with E-state index in [9.17, 15) is 19.8 Å². The highest BCUT2D eigenvalue weighted by Gasteiger charge is 2.48. The predicted molar refractivity (Wildman–Crippen MR) is 438 cm³/mol. The topological polar surface area (TPSA) is 400 Å². The van der Waals surface area contributed by atoms with Crippen LogP contribution in [0, 0.1) is 53.3 Å². The molecule has 0 bridgehead atoms. The van der Waals surface area contributed by atoms with Crippen LogP contribution in [0.15, 0.2) is 54.7 Å². The zero-order valence-corrected chi connectivity index (χ0v) is 73.2. The summed E-state index contributed by atoms with van der Waals surface area (Å²) < 4.78 is 12.0. The minimum Gasteiger partial charge on any atom is -0.496 e. The number of aromatic amines is 1. The summed E-state index contributed by atoms with van der Waals surface area (Å²) in [7, 11) is 11.6. The van der Waals surface area contributed by atoms with E-state index in [1.54, 1.807) is 159 Å². The number of methoxy groups -OCH3 is 1. The fourth-order valence-electron chi connectivity index (χ4n) is 14.9. The Morgan fingerprint density at radius 2 is 1.05 bits per heavy atom. The Morgan fingerprint density at radius 3 is 1.55 bits per heavy atom. The van der Waals surface area contributed by atoms with Crippen molar-refractivity contribution in [1.82, 2.24) is 71.6 Å². The quantitative estimate of drug-likeness (QED) is 0.0528. The number of H-pyrrole nitrogens is 1. The van der Waals surface area contributed by atoms with E-state index < -0.39 is 215 Å². The van der Waals surface area contributed by atoms with Crippen LogP contribution in [0.5, 0.6) is 5.75 Å². The van der Waals surface area contributed by atoms with E-state index in [2.05, 4.69) is 42.2 Å². The second-order valence-corrected chi connectivity index (χ2v) is 33.9. The van der Waals surface area contributed by atoms with Crippen LogP contribution in [0.25, 0.3) is 10.9 Å². The number of aliphatic hydroxyl groups excluding tert-OH is 2. The summed E-state index contributed by atoms with van der Waals surface area (Å²) in [6, 6.07) is -6.19. The average molecular weight is 1610 g/mol. The van der Waals surface area contributed by atoms with Crippen LogP contribution in [0.2, 0.25) is 0 Å². The third-order valence-electron chi connectivity index (χ3n) is 22.2. The summed E-state index contributed by atoms with van der Waals surface area (Å²) in [4.78, 5) is 209. The third-order valence-corrected chi connectivity index (χ3v) is 22.2. The molecule has 0 unspecified atom stereocenters. The molecule has 31 nitrogen and oxygen atoms in total. The van der Waals surface area contributed by atoms with Crippen molar-refractivity contribution in [3.63, 3.8) is 0 Å². The molecule has 0 radical (unpaired) electrons. The van der Waals surface area contributed by atoms with E-state index in [4.69, 9.17) is 9.47 Å². The van der Waals surface area contributed by atoms with Gasteiger partial charge < -0.3 is 86.4 Å². The van der Waals surface area contributed by atoms with Gasteiger partial charge in [-0.3, -0.25) is 62.4 Å². The highest BCUT2D eigenvalue weighted by atomic mass is 16.5. The number of aliphatic hydroxyl groups is 2. The highest BCUT2D eigenvalue weighted by Crippen LogP contribution is 2.32. The molecule has 115 heavy (non-hydrogen) atoms. The lowest BCUT2D eigenvalue weighted by Gasteiger charge is -2.39. The standard InChI is InChI=1S/C84H136N14O17/c1-29-49(17)64-84(113)115-52(20)65(91-77(106)69(50(18)30-2)97(26)81(110)63(46(11)12)88-76(105)67(47(13)14)93(21)22)82(111)98(27)70(51(19)99)78(107)89-61(44(7)8)79(108)94(23)56(39-42(3)4)72(101)87-62(45(9)10)80(109)96(25)68(48(15)16)83(112)95(24)57(40-54-41-85-55-37-34-38-58(114-28)59(54)55)73(102)86-60(43(5)6)74(103)92-66(75(104)90-64)71(100)53-35-32-31-33-36-53/h31-38,41-52,56-57,60-71,85,99-100H,29-30,39-40H2,1-28H3,(H,86,102)(H,87,101)(H,88,105)(H,89,107)(H,90,104)(H,91,106)(H,92,103)/t49-,50+,51+,52+,56-,57-,60-,61-,62-,63-,64-,65-,66-,67-,68-,69-,70-,71+/m0/s1. The van der Waals surface area contributed by atoms with Crippen LogP contribution in [0.4, 0.5) is 0 Å². The zero-order chi connectivity index (χ0) is 87.6. The van der Waals surface area contributed by atoms with Crippen LogP contribution in [0.1, 0.15) is 175 Å². The van der Waals surface area contributed by atoms with E-state index in [-0.39, 0.29) is 43.1 Å². The molecule has 2 heterocycles. The number of fused-ring (bicyclic) bond motifs is 1. The molecule has 1 saturated heterocycles. The monoisotopic (exact) mass is 1610 g/mol. The van der Waals surface area contributed by atoms with Crippen LogP contribution < -0.4 is 42.0 Å². The first-order chi connectivity index (χ1) is 53.6. The van der Waals surface area contributed by atoms with Crippen LogP contribution in [-0.4, -0.2) is 269 Å². The molecule has 2 aromatic carbocycles. The van der Waals surface area contributed by atoms with E-state index in [0.717, 1.165) is 16.8 Å². The lowest BCUT2D eigenvalue weighted by molar-refractivity contribution is -0.161. The van der Waals surface area contributed by atoms with Gasteiger partial charge in [0.15, 0.2) is 0 Å². The predicted octanol–water partition coefficient (Wildman–Crippen LogP) is 4.31. The number of carbonyl (C=O) groups excluding carboxylic acids is 13. The molecule has 1 fully saturated rings. The SMILES string of the molecule is CC[C@@H](C)[C@@H](C(=O)N[C@@H]1C(=O)N(C)[C@@H]([C@@H](C)O)C(=O)N[C@@H](C(C)C)C(=O)N(C)[C@@H](CC(C)C)C(=O)N[C@@H](C(C)C)C(=O)N(C)[C@@H](C(C)C)C(=O)N(C)[C@@H](Cc2c[nH]c3cccc(OC)c23)C(=O)N[C@@H](C(C)C)C(=O)N[C@@H]([C@H](O)c2ccccc2)C(=O)N[C@@H]([C@@H](C)CC)C(=O)O[C@@H]1C)N(C)C(=O)[C@@H](NC(=O)[C@H](C(C)C)N(C)C)C(C)C. The lowest BCUT2D eigenvalue weighted by atomic mass is 9.93. The maximum absolute atomic E-state index is 15.8. The van der Waals surface area contributed by atoms with Crippen LogP contribution in [-0.2, 0) is 73.5 Å². The smallest absolute Gasteiger partial charge is 0.329 e. The number of amides is 12. The number of hydrogen-bond donors (Lipinski definition) is 10. The van der Waals surface area contributed by atoms with Gasteiger partial charge in [-0.25, -0.2) is 4.79 Å². The second kappa shape index (κ2) is 43.6. The molecule has 12 amide bonds. The van der Waals surface area contributed by atoms with Gasteiger partial charge in [0, 0.05) is 58.8 Å². The van der Waals surface area contributed by atoms with Crippen molar-refractivity contribution in [1.29, 1.82) is 0 Å².